The predicted molar refractivity (Wildman–Crippen MR) is 131 cm³/mol. The third-order valence-corrected chi connectivity index (χ3v) is 8.74. The number of halogens is 2. The molecule has 1 aliphatic heterocycles. The van der Waals surface area contributed by atoms with Crippen LogP contribution in [0.3, 0.4) is 0 Å². The van der Waals surface area contributed by atoms with E-state index in [2.05, 4.69) is 0 Å². The van der Waals surface area contributed by atoms with Gasteiger partial charge in [0, 0.05) is 6.54 Å². The molecule has 0 aromatic heterocycles. The fourth-order valence-electron chi connectivity index (χ4n) is 5.96. The number of alkyl halides is 2. The highest BCUT2D eigenvalue weighted by Gasteiger charge is 2.72. The van der Waals surface area contributed by atoms with Crippen LogP contribution in [0.2, 0.25) is 0 Å². The van der Waals surface area contributed by atoms with Crippen LogP contribution in [0.15, 0.2) is 78.9 Å². The highest BCUT2D eigenvalue weighted by Crippen LogP contribution is 2.69. The summed E-state index contributed by atoms with van der Waals surface area (Å²) in [5.74, 6) is -3.02. The molecule has 2 amide bonds. The van der Waals surface area contributed by atoms with E-state index in [9.17, 15) is 14.4 Å². The molecule has 3 aromatic carbocycles. The zero-order valence-corrected chi connectivity index (χ0v) is 20.1. The number of carbonyl (C=O) groups is 3. The fourth-order valence-corrected chi connectivity index (χ4v) is 7.06. The number of imide groups is 1. The molecule has 3 aliphatic carbocycles. The van der Waals surface area contributed by atoms with Gasteiger partial charge in [-0.05, 0) is 27.8 Å². The summed E-state index contributed by atoms with van der Waals surface area (Å²) in [4.78, 5) is 38.5. The average molecular weight is 506 g/mol. The van der Waals surface area contributed by atoms with Crippen molar-refractivity contribution in [1.29, 1.82) is 0 Å². The van der Waals surface area contributed by atoms with Gasteiger partial charge in [-0.15, -0.1) is 23.2 Å². The van der Waals surface area contributed by atoms with E-state index in [1.54, 1.807) is 0 Å². The van der Waals surface area contributed by atoms with Crippen LogP contribution in [-0.2, 0) is 35.5 Å². The Hall–Kier alpha value is -3.15. The molecule has 0 N–H and O–H groups in total. The Balaban J connectivity index is 1.31. The second kappa shape index (κ2) is 7.94. The third-order valence-electron chi connectivity index (χ3n) is 7.46. The minimum absolute atomic E-state index is 0.0785. The number of likely N-dealkylation sites (tertiary alicyclic amines) is 1. The van der Waals surface area contributed by atoms with Crippen molar-refractivity contribution in [2.75, 3.05) is 6.54 Å². The van der Waals surface area contributed by atoms with Crippen LogP contribution >= 0.6 is 23.2 Å². The summed E-state index contributed by atoms with van der Waals surface area (Å²) in [5, 5.41) is 0. The summed E-state index contributed by atoms with van der Waals surface area (Å²) in [6, 6.07) is 24.3. The van der Waals surface area contributed by atoms with Gasteiger partial charge in [0.2, 0.25) is 11.8 Å². The summed E-state index contributed by atoms with van der Waals surface area (Å²) in [6.45, 7) is 0.0535. The molecule has 0 saturated carbocycles. The van der Waals surface area contributed by atoms with E-state index in [4.69, 9.17) is 27.9 Å². The Morgan fingerprint density at radius 2 is 1.17 bits per heavy atom. The van der Waals surface area contributed by atoms with Crippen LogP contribution in [0.1, 0.15) is 34.2 Å². The van der Waals surface area contributed by atoms with Crippen LogP contribution in [0.4, 0.5) is 0 Å². The molecule has 2 atom stereocenters. The van der Waals surface area contributed by atoms with E-state index in [0.29, 0.717) is 0 Å². The normalized spacial score (nSPS) is 27.9. The van der Waals surface area contributed by atoms with Crippen molar-refractivity contribution in [3.63, 3.8) is 0 Å². The lowest BCUT2D eigenvalue weighted by atomic mass is 9.54. The van der Waals surface area contributed by atoms with E-state index in [1.165, 1.54) is 0 Å². The van der Waals surface area contributed by atoms with Gasteiger partial charge < -0.3 is 4.74 Å². The highest BCUT2D eigenvalue weighted by molar-refractivity contribution is 6.36. The van der Waals surface area contributed by atoms with Gasteiger partial charge in [0.25, 0.3) is 0 Å². The molecule has 0 spiro atoms. The van der Waals surface area contributed by atoms with Crippen molar-refractivity contribution in [3.8, 4) is 0 Å². The summed E-state index contributed by atoms with van der Waals surface area (Å²) in [7, 11) is 0. The molecule has 3 aromatic rings. The monoisotopic (exact) mass is 505 g/mol. The number of hydrogen-bond acceptors (Lipinski definition) is 4. The van der Waals surface area contributed by atoms with Gasteiger partial charge in [-0.1, -0.05) is 78.9 Å². The van der Waals surface area contributed by atoms with Gasteiger partial charge in [0.1, 0.15) is 16.4 Å². The smallest absolute Gasteiger partial charge is 0.307 e. The van der Waals surface area contributed by atoms with Gasteiger partial charge in [0.05, 0.1) is 18.3 Å². The first-order valence-electron chi connectivity index (χ1n) is 11.5. The second-order valence-electron chi connectivity index (χ2n) is 9.19. The maximum Gasteiger partial charge on any atom is 0.307 e. The molecular weight excluding hydrogens is 485 g/mol. The van der Waals surface area contributed by atoms with Crippen molar-refractivity contribution in [2.24, 2.45) is 11.8 Å². The van der Waals surface area contributed by atoms with Crippen molar-refractivity contribution in [3.05, 3.63) is 107 Å². The molecule has 1 fully saturated rings. The number of ether oxygens (including phenoxy) is 1. The largest absolute Gasteiger partial charge is 0.461 e. The summed E-state index contributed by atoms with van der Waals surface area (Å²) in [6.07, 6.45) is -0.103. The SMILES string of the molecule is O=C(CCN1C(=O)[C@@H]2[C@@H](C1=O)C1(Cl)c3ccccc3C2(Cl)c2ccccc21)OCc1ccccc1. The fraction of sp³-hybridized carbons (Fsp3) is 0.250. The van der Waals surface area contributed by atoms with Gasteiger partial charge in [-0.25, -0.2) is 0 Å². The highest BCUT2D eigenvalue weighted by atomic mass is 35.5. The first-order valence-corrected chi connectivity index (χ1v) is 12.3. The lowest BCUT2D eigenvalue weighted by Crippen LogP contribution is -2.57. The van der Waals surface area contributed by atoms with E-state index >= 15 is 0 Å². The molecule has 35 heavy (non-hydrogen) atoms. The maximum absolute atomic E-state index is 13.7. The summed E-state index contributed by atoms with van der Waals surface area (Å²) < 4.78 is 5.33. The predicted octanol–water partition coefficient (Wildman–Crippen LogP) is 4.71. The summed E-state index contributed by atoms with van der Waals surface area (Å²) >= 11 is 14.8. The number of nitrogens with zero attached hydrogens (tertiary/aromatic N) is 1. The molecule has 0 radical (unpaired) electrons. The Kier molecular flexibility index (Phi) is 5.06. The van der Waals surface area contributed by atoms with Crippen molar-refractivity contribution in [2.45, 2.75) is 22.8 Å². The van der Waals surface area contributed by atoms with Crippen molar-refractivity contribution < 1.29 is 19.1 Å². The van der Waals surface area contributed by atoms with Crippen LogP contribution in [0.25, 0.3) is 0 Å². The first kappa shape index (κ1) is 22.3. The lowest BCUT2D eigenvalue weighted by Gasteiger charge is -2.54. The molecule has 1 heterocycles. The van der Waals surface area contributed by atoms with E-state index in [-0.39, 0.29) is 19.6 Å². The topological polar surface area (TPSA) is 63.7 Å². The van der Waals surface area contributed by atoms with Crippen LogP contribution in [0.5, 0.6) is 0 Å². The van der Waals surface area contributed by atoms with E-state index in [0.717, 1.165) is 32.7 Å². The molecule has 5 nitrogen and oxygen atoms in total. The van der Waals surface area contributed by atoms with Crippen molar-refractivity contribution >= 4 is 41.0 Å². The maximum atomic E-state index is 13.7. The number of amides is 2. The average Bonchev–Trinajstić information content (AvgIpc) is 3.15. The molecule has 2 bridgehead atoms. The Bertz CT molecular complexity index is 1250. The van der Waals surface area contributed by atoms with Crippen LogP contribution in [-0.4, -0.2) is 29.2 Å². The number of benzene rings is 3. The zero-order chi connectivity index (χ0) is 24.4. The summed E-state index contributed by atoms with van der Waals surface area (Å²) in [5.41, 5.74) is 3.87. The minimum atomic E-state index is -1.22. The molecule has 7 heteroatoms. The van der Waals surface area contributed by atoms with Crippen LogP contribution < -0.4 is 0 Å². The number of carbonyl (C=O) groups excluding carboxylic acids is 3. The molecular formula is C28H21Cl2NO4. The number of hydrogen-bond donors (Lipinski definition) is 0. The molecule has 1 saturated heterocycles. The molecule has 7 rings (SSSR count). The van der Waals surface area contributed by atoms with Gasteiger partial charge in [-0.2, -0.15) is 0 Å². The Labute approximate surface area is 212 Å². The van der Waals surface area contributed by atoms with E-state index < -0.39 is 39.4 Å². The number of rotatable bonds is 5. The van der Waals surface area contributed by atoms with Gasteiger partial charge in [0.15, 0.2) is 0 Å². The van der Waals surface area contributed by atoms with E-state index in [1.807, 2.05) is 78.9 Å². The molecule has 176 valence electrons. The lowest BCUT2D eigenvalue weighted by molar-refractivity contribution is -0.146. The quantitative estimate of drug-likeness (QED) is 0.286. The minimum Gasteiger partial charge on any atom is -0.461 e. The molecule has 4 aliphatic rings. The third kappa shape index (κ3) is 2.98. The number of esters is 1. The Morgan fingerprint density at radius 1 is 0.743 bits per heavy atom. The van der Waals surface area contributed by atoms with Crippen molar-refractivity contribution in [1.82, 2.24) is 4.90 Å². The first-order chi connectivity index (χ1) is 16.9. The standard InChI is InChI=1S/C28H21Cl2NO4/c29-27-18-10-4-5-11-19(18)28(30,21-13-7-6-12-20(21)27)24-23(27)25(33)31(26(24)34)15-14-22(32)35-16-17-8-2-1-3-9-17/h1-13,23-24H,14-16H2/t23-,24-,27?,28?/m0/s1. The van der Waals surface area contributed by atoms with Crippen LogP contribution in [0, 0.1) is 11.8 Å². The molecule has 0 unspecified atom stereocenters. The van der Waals surface area contributed by atoms with Gasteiger partial charge in [-0.3, -0.25) is 19.3 Å². The Morgan fingerprint density at radius 3 is 1.63 bits per heavy atom. The zero-order valence-electron chi connectivity index (χ0n) is 18.6. The second-order valence-corrected chi connectivity index (χ2v) is 10.4. The van der Waals surface area contributed by atoms with Gasteiger partial charge >= 0.3 is 5.97 Å².